The van der Waals surface area contributed by atoms with Gasteiger partial charge in [-0.1, -0.05) is 29.4 Å². The molecule has 0 aliphatic carbocycles. The summed E-state index contributed by atoms with van der Waals surface area (Å²) in [4.78, 5) is 13.9. The van der Waals surface area contributed by atoms with Crippen molar-refractivity contribution in [3.63, 3.8) is 0 Å². The van der Waals surface area contributed by atoms with Crippen LogP contribution in [0.15, 0.2) is 32.6 Å². The van der Waals surface area contributed by atoms with Gasteiger partial charge >= 0.3 is 5.97 Å². The molecule has 18 heavy (non-hydrogen) atoms. The maximum atomic E-state index is 11.3. The normalized spacial score (nSPS) is 22.3. The van der Waals surface area contributed by atoms with Gasteiger partial charge in [-0.25, -0.2) is 4.79 Å². The molecular formula is C12H9ClO3S2. The first-order valence-electron chi connectivity index (χ1n) is 5.32. The van der Waals surface area contributed by atoms with E-state index in [9.17, 15) is 9.90 Å². The summed E-state index contributed by atoms with van der Waals surface area (Å²) in [6, 6.07) is 3.80. The predicted octanol–water partition coefficient (Wildman–Crippen LogP) is 3.54. The molecule has 1 aromatic carbocycles. The summed E-state index contributed by atoms with van der Waals surface area (Å²) in [5.74, 6) is -0.321. The second-order valence-electron chi connectivity index (χ2n) is 4.04. The molecule has 1 N–H and O–H groups in total. The summed E-state index contributed by atoms with van der Waals surface area (Å²) < 4.78 is 5.12. The number of aliphatic hydroxyl groups excluding tert-OH is 1. The molecule has 0 radical (unpaired) electrons. The van der Waals surface area contributed by atoms with Crippen LogP contribution in [0.25, 0.3) is 0 Å². The quantitative estimate of drug-likeness (QED) is 0.743. The van der Waals surface area contributed by atoms with Crippen LogP contribution in [0.1, 0.15) is 5.56 Å². The Bertz CT molecular complexity index is 583. The highest BCUT2D eigenvalue weighted by Gasteiger charge is 2.37. The molecule has 6 heteroatoms. The van der Waals surface area contributed by atoms with Crippen LogP contribution in [0.2, 0.25) is 5.02 Å². The minimum absolute atomic E-state index is 0.281. The molecule has 0 saturated carbocycles. The number of rotatable bonds is 0. The number of fused-ring (bicyclic) bond motifs is 2. The number of esters is 1. The van der Waals surface area contributed by atoms with Crippen molar-refractivity contribution in [2.45, 2.75) is 22.8 Å². The molecule has 1 unspecified atom stereocenters. The number of hydrogen-bond acceptors (Lipinski definition) is 5. The lowest BCUT2D eigenvalue weighted by Crippen LogP contribution is -2.12. The Morgan fingerprint density at radius 2 is 2.22 bits per heavy atom. The van der Waals surface area contributed by atoms with Crippen molar-refractivity contribution in [3.05, 3.63) is 33.4 Å². The van der Waals surface area contributed by atoms with Gasteiger partial charge in [0.15, 0.2) is 0 Å². The van der Waals surface area contributed by atoms with Gasteiger partial charge in [0.25, 0.3) is 0 Å². The molecule has 0 aromatic heterocycles. The summed E-state index contributed by atoms with van der Waals surface area (Å²) in [5.41, 5.74) is 1.14. The number of aryl methyl sites for hydroxylation is 1. The maximum Gasteiger partial charge on any atom is 0.375 e. The number of hydrogen-bond donors (Lipinski definition) is 1. The van der Waals surface area contributed by atoms with Crippen molar-refractivity contribution < 1.29 is 14.6 Å². The molecule has 2 heterocycles. The minimum Gasteiger partial charge on any atom is -0.501 e. The van der Waals surface area contributed by atoms with Crippen LogP contribution in [0.5, 0.6) is 0 Å². The van der Waals surface area contributed by atoms with E-state index < -0.39 is 5.97 Å². The van der Waals surface area contributed by atoms with Crippen LogP contribution in [0, 0.1) is 6.92 Å². The van der Waals surface area contributed by atoms with Gasteiger partial charge < -0.3 is 9.84 Å². The van der Waals surface area contributed by atoms with Gasteiger partial charge in [-0.05, 0) is 18.6 Å². The summed E-state index contributed by atoms with van der Waals surface area (Å²) in [6.07, 6.45) is -0.365. The Labute approximate surface area is 118 Å². The molecular weight excluding hydrogens is 292 g/mol. The fourth-order valence-corrected chi connectivity index (χ4v) is 4.80. The molecule has 0 fully saturated rings. The van der Waals surface area contributed by atoms with Crippen LogP contribution in [-0.4, -0.2) is 22.9 Å². The zero-order valence-electron chi connectivity index (χ0n) is 9.40. The predicted molar refractivity (Wildman–Crippen MR) is 72.3 cm³/mol. The summed E-state index contributed by atoms with van der Waals surface area (Å²) in [7, 11) is 0. The molecule has 94 valence electrons. The number of carbonyl (C=O) groups is 1. The Balaban J connectivity index is 2.13. The first-order chi connectivity index (χ1) is 8.58. The maximum absolute atomic E-state index is 11.3. The lowest BCUT2D eigenvalue weighted by molar-refractivity contribution is -0.141. The van der Waals surface area contributed by atoms with Crippen molar-refractivity contribution in [1.29, 1.82) is 0 Å². The van der Waals surface area contributed by atoms with E-state index >= 15 is 0 Å². The van der Waals surface area contributed by atoms with E-state index in [0.717, 1.165) is 15.4 Å². The van der Waals surface area contributed by atoms with Crippen molar-refractivity contribution in [2.75, 3.05) is 5.75 Å². The Morgan fingerprint density at radius 3 is 3.00 bits per heavy atom. The third-order valence-electron chi connectivity index (χ3n) is 2.82. The molecule has 2 aliphatic heterocycles. The number of thioether (sulfide) groups is 2. The molecule has 0 bridgehead atoms. The Morgan fingerprint density at radius 1 is 1.44 bits per heavy atom. The van der Waals surface area contributed by atoms with E-state index in [0.29, 0.717) is 15.7 Å². The average Bonchev–Trinajstić information content (AvgIpc) is 2.54. The molecule has 3 nitrogen and oxygen atoms in total. The smallest absolute Gasteiger partial charge is 0.375 e. The zero-order chi connectivity index (χ0) is 12.9. The Hall–Kier alpha value is -0.780. The summed E-state index contributed by atoms with van der Waals surface area (Å²) in [6.45, 7) is 2.02. The third kappa shape index (κ3) is 1.81. The van der Waals surface area contributed by atoms with Crippen LogP contribution in [-0.2, 0) is 9.53 Å². The van der Waals surface area contributed by atoms with E-state index in [4.69, 9.17) is 16.3 Å². The first kappa shape index (κ1) is 12.3. The van der Waals surface area contributed by atoms with Crippen LogP contribution >= 0.6 is 35.1 Å². The zero-order valence-corrected chi connectivity index (χ0v) is 11.8. The molecule has 0 amide bonds. The molecule has 2 aliphatic rings. The van der Waals surface area contributed by atoms with E-state index in [1.807, 2.05) is 19.1 Å². The van der Waals surface area contributed by atoms with Crippen LogP contribution < -0.4 is 0 Å². The number of halogens is 1. The highest BCUT2D eigenvalue weighted by atomic mass is 35.5. The van der Waals surface area contributed by atoms with Crippen molar-refractivity contribution in [3.8, 4) is 0 Å². The van der Waals surface area contributed by atoms with Crippen LogP contribution in [0.3, 0.4) is 0 Å². The summed E-state index contributed by atoms with van der Waals surface area (Å²) in [5, 5.41) is 10.4. The van der Waals surface area contributed by atoms with Gasteiger partial charge in [-0.2, -0.15) is 0 Å². The van der Waals surface area contributed by atoms with Gasteiger partial charge in [0.1, 0.15) is 6.10 Å². The third-order valence-corrected chi connectivity index (χ3v) is 5.97. The molecule has 0 spiro atoms. The second-order valence-corrected chi connectivity index (χ2v) is 6.53. The van der Waals surface area contributed by atoms with Crippen molar-refractivity contribution in [1.82, 2.24) is 0 Å². The second kappa shape index (κ2) is 4.40. The fraction of sp³-hybridized carbons (Fsp3) is 0.250. The highest BCUT2D eigenvalue weighted by Crippen LogP contribution is 2.49. The number of benzene rings is 1. The monoisotopic (exact) mass is 300 g/mol. The lowest BCUT2D eigenvalue weighted by Gasteiger charge is -2.09. The van der Waals surface area contributed by atoms with E-state index in [-0.39, 0.29) is 11.9 Å². The van der Waals surface area contributed by atoms with Crippen molar-refractivity contribution in [2.24, 2.45) is 0 Å². The van der Waals surface area contributed by atoms with Crippen LogP contribution in [0.4, 0.5) is 0 Å². The molecule has 1 aromatic rings. The summed E-state index contributed by atoms with van der Waals surface area (Å²) >= 11 is 9.13. The topological polar surface area (TPSA) is 46.5 Å². The van der Waals surface area contributed by atoms with Gasteiger partial charge in [0.05, 0.1) is 9.93 Å². The molecule has 1 atom stereocenters. The van der Waals surface area contributed by atoms with Gasteiger partial charge in [0, 0.05) is 15.5 Å². The van der Waals surface area contributed by atoms with E-state index in [1.54, 1.807) is 11.8 Å². The SMILES string of the molecule is Cc1ccc(Cl)c2c1SCC1OC(=O)C(O)=C1S2. The molecule has 3 rings (SSSR count). The standard InChI is InChI=1S/C12H9ClO3S2/c1-5-2-3-6(13)10-9(5)17-4-7-11(18-10)8(14)12(15)16-7/h2-3,7,14H,4H2,1H3. The van der Waals surface area contributed by atoms with Gasteiger partial charge in [-0.15, -0.1) is 11.8 Å². The number of aliphatic hydroxyl groups is 1. The lowest BCUT2D eigenvalue weighted by atomic mass is 10.2. The van der Waals surface area contributed by atoms with Crippen molar-refractivity contribution >= 4 is 41.1 Å². The molecule has 0 saturated heterocycles. The van der Waals surface area contributed by atoms with Gasteiger partial charge in [0.2, 0.25) is 5.76 Å². The van der Waals surface area contributed by atoms with Gasteiger partial charge in [-0.3, -0.25) is 0 Å². The number of carbonyl (C=O) groups excluding carboxylic acids is 1. The number of ether oxygens (including phenoxy) is 1. The first-order valence-corrected chi connectivity index (χ1v) is 7.50. The minimum atomic E-state index is -0.643. The highest BCUT2D eigenvalue weighted by molar-refractivity contribution is 8.05. The van der Waals surface area contributed by atoms with E-state index in [2.05, 4.69) is 0 Å². The average molecular weight is 301 g/mol. The largest absolute Gasteiger partial charge is 0.501 e. The fourth-order valence-electron chi connectivity index (χ4n) is 1.90. The Kier molecular flexibility index (Phi) is 3.00. The van der Waals surface area contributed by atoms with E-state index in [1.165, 1.54) is 11.8 Å².